The van der Waals surface area contributed by atoms with E-state index in [1.165, 1.54) is 27.8 Å². The quantitative estimate of drug-likeness (QED) is 0.0677. The van der Waals surface area contributed by atoms with Gasteiger partial charge in [0.1, 0.15) is 18.1 Å². The Labute approximate surface area is 314 Å². The van der Waals surface area contributed by atoms with E-state index in [1.54, 1.807) is 19.2 Å². The van der Waals surface area contributed by atoms with Crippen molar-refractivity contribution in [3.8, 4) is 0 Å². The zero-order valence-electron chi connectivity index (χ0n) is 32.8. The number of allylic oxidation sites excluding steroid dienone is 2. The number of carbonyl (C=O) groups excluding carboxylic acids is 9. The van der Waals surface area contributed by atoms with Crippen LogP contribution in [0.3, 0.4) is 0 Å². The lowest BCUT2D eigenvalue weighted by Crippen LogP contribution is -2.60. The van der Waals surface area contributed by atoms with Crippen LogP contribution >= 0.6 is 0 Å². The number of rotatable bonds is 16. The van der Waals surface area contributed by atoms with Crippen molar-refractivity contribution in [2.45, 2.75) is 103 Å². The highest BCUT2D eigenvalue weighted by molar-refractivity contribution is 6.07. The van der Waals surface area contributed by atoms with Crippen molar-refractivity contribution >= 4 is 53.7 Å². The standard InChI is InChI=1S/C33H57N9O12/c1-12-14-15-18(3)22(43)16-23(44)36-20(13-2)26(47)40(9)28(49)27(48)39(8)21(17-33(5,6)54)24(45)37-31(52)42(11)32(53)38-29(50)35-19(4)25(46)41(10)30(51)34-7/h12,14,18-22,28,43,49,54H,13,15-17H2,1-11H3,(H,34,51)(H,36,44)(H,37,45,52)(H2,35,38,50,53)/b14-12+/t18-,19?,20+,21+,22+,28-/m1/s1. The Morgan fingerprint density at radius 1 is 0.778 bits per heavy atom. The van der Waals surface area contributed by atoms with Crippen LogP contribution in [0.4, 0.5) is 19.2 Å². The molecular formula is C33H57N9O12. The van der Waals surface area contributed by atoms with Crippen molar-refractivity contribution in [1.29, 1.82) is 0 Å². The van der Waals surface area contributed by atoms with Gasteiger partial charge in [-0.15, -0.1) is 0 Å². The van der Waals surface area contributed by atoms with Crippen molar-refractivity contribution in [1.82, 2.24) is 46.2 Å². The van der Waals surface area contributed by atoms with Crippen LogP contribution in [-0.4, -0.2) is 160 Å². The fourth-order valence-corrected chi connectivity index (χ4v) is 4.64. The van der Waals surface area contributed by atoms with Gasteiger partial charge in [-0.25, -0.2) is 24.1 Å². The summed E-state index contributed by atoms with van der Waals surface area (Å²) in [5.41, 5.74) is -1.64. The molecule has 0 bridgehead atoms. The van der Waals surface area contributed by atoms with Gasteiger partial charge < -0.3 is 41.1 Å². The molecule has 0 heterocycles. The lowest BCUT2D eigenvalue weighted by Gasteiger charge is -2.35. The molecule has 21 heteroatoms. The molecule has 21 nitrogen and oxygen atoms in total. The number of hydrogen-bond acceptors (Lipinski definition) is 12. The molecule has 54 heavy (non-hydrogen) atoms. The van der Waals surface area contributed by atoms with Gasteiger partial charge in [-0.1, -0.05) is 26.0 Å². The molecule has 0 saturated carbocycles. The number of hydrogen-bond donors (Lipinski definition) is 8. The highest BCUT2D eigenvalue weighted by Gasteiger charge is 2.39. The topological polar surface area (TPSA) is 287 Å². The molecule has 6 atom stereocenters. The van der Waals surface area contributed by atoms with Crippen LogP contribution < -0.4 is 26.6 Å². The number of likely N-dealkylation sites (N-methyl/N-ethyl adjacent to an activating group) is 3. The first-order chi connectivity index (χ1) is 24.8. The van der Waals surface area contributed by atoms with Crippen molar-refractivity contribution < 1.29 is 58.5 Å². The molecule has 0 fully saturated rings. The average molecular weight is 772 g/mol. The Morgan fingerprint density at radius 2 is 1.33 bits per heavy atom. The first-order valence-electron chi connectivity index (χ1n) is 17.1. The number of imide groups is 4. The van der Waals surface area contributed by atoms with Crippen molar-refractivity contribution in [3.05, 3.63) is 12.2 Å². The number of nitrogens with one attached hydrogen (secondary N) is 5. The van der Waals surface area contributed by atoms with E-state index in [9.17, 15) is 58.5 Å². The minimum atomic E-state index is -2.20. The molecule has 0 rings (SSSR count). The summed E-state index contributed by atoms with van der Waals surface area (Å²) in [5, 5.41) is 42.2. The van der Waals surface area contributed by atoms with Crippen LogP contribution in [0.15, 0.2) is 12.2 Å². The maximum Gasteiger partial charge on any atom is 0.333 e. The van der Waals surface area contributed by atoms with Crippen molar-refractivity contribution in [2.75, 3.05) is 35.2 Å². The van der Waals surface area contributed by atoms with E-state index >= 15 is 0 Å². The predicted molar refractivity (Wildman–Crippen MR) is 193 cm³/mol. The van der Waals surface area contributed by atoms with Gasteiger partial charge >= 0.3 is 24.1 Å². The predicted octanol–water partition coefficient (Wildman–Crippen LogP) is -1.23. The Morgan fingerprint density at radius 3 is 1.83 bits per heavy atom. The Balaban J connectivity index is 5.72. The summed E-state index contributed by atoms with van der Waals surface area (Å²) in [5.74, 6) is -5.02. The number of nitrogens with zero attached hydrogens (tertiary/aromatic N) is 4. The fraction of sp³-hybridized carbons (Fsp3) is 0.667. The first kappa shape index (κ1) is 48.9. The summed E-state index contributed by atoms with van der Waals surface area (Å²) < 4.78 is 0. The second kappa shape index (κ2) is 22.2. The van der Waals surface area contributed by atoms with Gasteiger partial charge in [0.15, 0.2) is 0 Å². The van der Waals surface area contributed by atoms with Crippen LogP contribution in [-0.2, 0) is 24.0 Å². The smallest absolute Gasteiger partial charge is 0.333 e. The van der Waals surface area contributed by atoms with Gasteiger partial charge in [0.2, 0.25) is 18.0 Å². The molecule has 0 aromatic carbocycles. The Hall–Kier alpha value is -5.15. The van der Waals surface area contributed by atoms with Gasteiger partial charge in [-0.05, 0) is 46.5 Å². The van der Waals surface area contributed by atoms with E-state index in [4.69, 9.17) is 0 Å². The minimum Gasteiger partial charge on any atom is -0.392 e. The molecule has 0 aromatic rings. The Kier molecular flexibility index (Phi) is 20.0. The number of amides is 13. The zero-order valence-corrected chi connectivity index (χ0v) is 32.8. The fourth-order valence-electron chi connectivity index (χ4n) is 4.64. The van der Waals surface area contributed by atoms with Gasteiger partial charge in [0, 0.05) is 41.7 Å². The Bertz CT molecular complexity index is 1420. The number of urea groups is 4. The van der Waals surface area contributed by atoms with Crippen LogP contribution in [0.25, 0.3) is 0 Å². The summed E-state index contributed by atoms with van der Waals surface area (Å²) in [7, 11) is 5.46. The molecule has 0 aromatic heterocycles. The highest BCUT2D eigenvalue weighted by atomic mass is 16.3. The summed E-state index contributed by atoms with van der Waals surface area (Å²) in [6.45, 7) is 8.97. The maximum absolute atomic E-state index is 13.4. The van der Waals surface area contributed by atoms with Gasteiger partial charge in [-0.3, -0.25) is 39.5 Å². The molecule has 13 amide bonds. The second-order valence-corrected chi connectivity index (χ2v) is 13.3. The zero-order chi connectivity index (χ0) is 42.2. The molecule has 0 aliphatic heterocycles. The largest absolute Gasteiger partial charge is 0.392 e. The average Bonchev–Trinajstić information content (AvgIpc) is 3.11. The molecule has 0 aliphatic rings. The molecule has 0 radical (unpaired) electrons. The highest BCUT2D eigenvalue weighted by Crippen LogP contribution is 2.18. The molecule has 0 aliphatic carbocycles. The van der Waals surface area contributed by atoms with Gasteiger partial charge in [0.05, 0.1) is 18.1 Å². The van der Waals surface area contributed by atoms with E-state index < -0.39 is 96.1 Å². The van der Waals surface area contributed by atoms with Crippen LogP contribution in [0.1, 0.15) is 67.2 Å². The molecular weight excluding hydrogens is 714 g/mol. The van der Waals surface area contributed by atoms with E-state index in [0.717, 1.165) is 28.2 Å². The third kappa shape index (κ3) is 15.4. The van der Waals surface area contributed by atoms with Gasteiger partial charge in [-0.2, -0.15) is 0 Å². The lowest BCUT2D eigenvalue weighted by atomic mass is 9.97. The van der Waals surface area contributed by atoms with Crippen LogP contribution in [0.2, 0.25) is 0 Å². The van der Waals surface area contributed by atoms with Crippen LogP contribution in [0, 0.1) is 5.92 Å². The third-order valence-electron chi connectivity index (χ3n) is 8.21. The normalized spacial score (nSPS) is 14.6. The molecule has 8 N–H and O–H groups in total. The summed E-state index contributed by atoms with van der Waals surface area (Å²) in [6.07, 6.45) is 0.230. The second-order valence-electron chi connectivity index (χ2n) is 13.3. The van der Waals surface area contributed by atoms with E-state index in [2.05, 4.69) is 16.0 Å². The number of aliphatic hydroxyl groups is 3. The van der Waals surface area contributed by atoms with Crippen LogP contribution in [0.5, 0.6) is 0 Å². The van der Waals surface area contributed by atoms with Gasteiger partial charge in [0.25, 0.3) is 17.7 Å². The van der Waals surface area contributed by atoms with E-state index in [1.807, 2.05) is 24.4 Å². The van der Waals surface area contributed by atoms with E-state index in [-0.39, 0.29) is 23.7 Å². The first-order valence-corrected chi connectivity index (χ1v) is 17.1. The van der Waals surface area contributed by atoms with E-state index in [0.29, 0.717) is 21.1 Å². The molecule has 0 saturated heterocycles. The van der Waals surface area contributed by atoms with Crippen molar-refractivity contribution in [3.63, 3.8) is 0 Å². The molecule has 1 unspecified atom stereocenters. The summed E-state index contributed by atoms with van der Waals surface area (Å²) in [4.78, 5) is 116. The summed E-state index contributed by atoms with van der Waals surface area (Å²) >= 11 is 0. The lowest BCUT2D eigenvalue weighted by molar-refractivity contribution is -0.162. The molecule has 306 valence electrons. The third-order valence-corrected chi connectivity index (χ3v) is 8.21. The number of carbonyl (C=O) groups is 9. The number of aliphatic hydroxyl groups excluding tert-OH is 2. The molecule has 0 spiro atoms. The van der Waals surface area contributed by atoms with Crippen molar-refractivity contribution in [2.24, 2.45) is 5.92 Å². The minimum absolute atomic E-state index is 0.0522. The monoisotopic (exact) mass is 771 g/mol. The maximum atomic E-state index is 13.4. The SMILES string of the molecule is C/C=C/C[C@@H](C)[C@@H](O)CC(=O)N[C@@H](CC)C(=O)N(C)[C@H](O)C(=O)N(C)[C@@H](CC(C)(C)O)C(=O)NC(=O)N(C)C(=O)NC(=O)NC(C)C(=O)N(C)C(=O)NC. The summed E-state index contributed by atoms with van der Waals surface area (Å²) in [6, 6.07) is -8.88.